The molecule has 38 heavy (non-hydrogen) atoms. The summed E-state index contributed by atoms with van der Waals surface area (Å²) in [5, 5.41) is 22.4. The number of carbonyl (C=O) groups excluding carboxylic acids is 2. The number of aromatic nitrogens is 4. The highest BCUT2D eigenvalue weighted by atomic mass is 19.1. The Kier molecular flexibility index (Phi) is 4.96. The molecule has 1 aliphatic carbocycles. The van der Waals surface area contributed by atoms with Crippen LogP contribution in [0.15, 0.2) is 42.5 Å². The van der Waals surface area contributed by atoms with Crippen molar-refractivity contribution in [2.75, 3.05) is 32.8 Å². The first-order chi connectivity index (χ1) is 18.4. The zero-order chi connectivity index (χ0) is 26.2. The van der Waals surface area contributed by atoms with Crippen molar-refractivity contribution in [2.24, 2.45) is 17.8 Å². The Bertz CT molecular complexity index is 1620. The SMILES string of the molecule is CCOc1cc(C(=O)N2CC3[C@H]4CN(C(=O)c5ccc6n[nH]nc6c5F)C[C@H]4C3(O)C2)nc2ccccc12. The van der Waals surface area contributed by atoms with Gasteiger partial charge in [-0.25, -0.2) is 9.37 Å². The lowest BCUT2D eigenvalue weighted by atomic mass is 9.56. The van der Waals surface area contributed by atoms with Crippen molar-refractivity contribution in [3.63, 3.8) is 0 Å². The van der Waals surface area contributed by atoms with Gasteiger partial charge in [0, 0.05) is 42.9 Å². The highest BCUT2D eigenvalue weighted by Gasteiger charge is 2.68. The van der Waals surface area contributed by atoms with Crippen LogP contribution in [0.25, 0.3) is 21.9 Å². The molecule has 3 aliphatic rings. The maximum atomic E-state index is 14.9. The molecule has 2 aromatic heterocycles. The molecule has 0 bridgehead atoms. The average Bonchev–Trinajstić information content (AvgIpc) is 3.64. The van der Waals surface area contributed by atoms with E-state index in [4.69, 9.17) is 4.74 Å². The van der Waals surface area contributed by atoms with E-state index in [1.165, 1.54) is 6.07 Å². The van der Waals surface area contributed by atoms with Gasteiger partial charge in [0.15, 0.2) is 5.82 Å². The second kappa shape index (κ2) is 8.19. The zero-order valence-electron chi connectivity index (χ0n) is 20.6. The first kappa shape index (κ1) is 23.0. The summed E-state index contributed by atoms with van der Waals surface area (Å²) >= 11 is 0. The van der Waals surface area contributed by atoms with Gasteiger partial charge in [0.2, 0.25) is 0 Å². The number of likely N-dealkylation sites (tertiary alicyclic amines) is 2. The Hall–Kier alpha value is -4.12. The summed E-state index contributed by atoms with van der Waals surface area (Å²) < 4.78 is 20.7. The molecular formula is C27H25FN6O4. The van der Waals surface area contributed by atoms with E-state index >= 15 is 0 Å². The number of nitrogens with zero attached hydrogens (tertiary/aromatic N) is 5. The number of aromatic amines is 1. The van der Waals surface area contributed by atoms with Gasteiger partial charge in [-0.1, -0.05) is 12.1 Å². The molecule has 4 heterocycles. The molecule has 2 aliphatic heterocycles. The summed E-state index contributed by atoms with van der Waals surface area (Å²) in [5.74, 6) is -1.10. The number of fused-ring (bicyclic) bond motifs is 6. The topological polar surface area (TPSA) is 125 Å². The normalized spacial score (nSPS) is 25.9. The number of benzene rings is 2. The van der Waals surface area contributed by atoms with Crippen LogP contribution in [0.5, 0.6) is 5.75 Å². The molecule has 2 unspecified atom stereocenters. The van der Waals surface area contributed by atoms with Gasteiger partial charge in [0.1, 0.15) is 22.5 Å². The lowest BCUT2D eigenvalue weighted by molar-refractivity contribution is -0.145. The summed E-state index contributed by atoms with van der Waals surface area (Å²) in [6.45, 7) is 3.59. The zero-order valence-corrected chi connectivity index (χ0v) is 20.6. The van der Waals surface area contributed by atoms with Crippen molar-refractivity contribution in [3.05, 3.63) is 59.5 Å². The number of pyridine rings is 1. The van der Waals surface area contributed by atoms with Crippen molar-refractivity contribution >= 4 is 33.8 Å². The highest BCUT2D eigenvalue weighted by molar-refractivity contribution is 5.98. The number of nitrogens with one attached hydrogen (secondary N) is 1. The van der Waals surface area contributed by atoms with Crippen molar-refractivity contribution < 1.29 is 23.8 Å². The van der Waals surface area contributed by atoms with Crippen LogP contribution in [0.1, 0.15) is 27.8 Å². The number of hydrogen-bond donors (Lipinski definition) is 2. The van der Waals surface area contributed by atoms with E-state index in [1.54, 1.807) is 21.9 Å². The Morgan fingerprint density at radius 3 is 2.68 bits per heavy atom. The van der Waals surface area contributed by atoms with Gasteiger partial charge in [-0.05, 0) is 37.1 Å². The molecule has 2 N–H and O–H groups in total. The maximum absolute atomic E-state index is 14.9. The van der Waals surface area contributed by atoms with E-state index in [0.29, 0.717) is 43.0 Å². The molecule has 7 rings (SSSR count). The minimum Gasteiger partial charge on any atom is -0.493 e. The molecule has 11 heteroatoms. The second-order valence-corrected chi connectivity index (χ2v) is 10.3. The number of hydrogen-bond acceptors (Lipinski definition) is 7. The number of H-pyrrole nitrogens is 1. The van der Waals surface area contributed by atoms with Crippen LogP contribution in [-0.4, -0.2) is 85.5 Å². The molecule has 2 amide bonds. The van der Waals surface area contributed by atoms with E-state index in [-0.39, 0.29) is 47.0 Å². The van der Waals surface area contributed by atoms with Crippen LogP contribution in [0.4, 0.5) is 4.39 Å². The monoisotopic (exact) mass is 516 g/mol. The first-order valence-electron chi connectivity index (χ1n) is 12.7. The number of aliphatic hydroxyl groups is 1. The molecule has 2 aromatic carbocycles. The Morgan fingerprint density at radius 1 is 1.08 bits per heavy atom. The molecule has 4 atom stereocenters. The summed E-state index contributed by atoms with van der Waals surface area (Å²) in [6.07, 6.45) is 0. The summed E-state index contributed by atoms with van der Waals surface area (Å²) in [7, 11) is 0. The minimum absolute atomic E-state index is 0.0254. The fraction of sp³-hybridized carbons (Fsp3) is 0.370. The van der Waals surface area contributed by atoms with Gasteiger partial charge in [-0.3, -0.25) is 9.59 Å². The van der Waals surface area contributed by atoms with Crippen LogP contribution >= 0.6 is 0 Å². The minimum atomic E-state index is -1.09. The van der Waals surface area contributed by atoms with Gasteiger partial charge in [0.25, 0.3) is 11.8 Å². The van der Waals surface area contributed by atoms with Crippen molar-refractivity contribution in [1.29, 1.82) is 0 Å². The van der Waals surface area contributed by atoms with Crippen molar-refractivity contribution in [1.82, 2.24) is 30.2 Å². The first-order valence-corrected chi connectivity index (χ1v) is 12.7. The third-order valence-corrected chi connectivity index (χ3v) is 8.46. The Morgan fingerprint density at radius 2 is 1.87 bits per heavy atom. The molecule has 0 radical (unpaired) electrons. The predicted octanol–water partition coefficient (Wildman–Crippen LogP) is 2.25. The summed E-state index contributed by atoms with van der Waals surface area (Å²) in [4.78, 5) is 34.5. The van der Waals surface area contributed by atoms with E-state index in [1.807, 2.05) is 31.2 Å². The van der Waals surface area contributed by atoms with Gasteiger partial charge in [0.05, 0.1) is 29.8 Å². The number of para-hydroxylation sites is 1. The van der Waals surface area contributed by atoms with Gasteiger partial charge in [-0.2, -0.15) is 15.4 Å². The quantitative estimate of drug-likeness (QED) is 0.426. The fourth-order valence-electron chi connectivity index (χ4n) is 6.65. The van der Waals surface area contributed by atoms with Crippen LogP contribution in [0, 0.1) is 23.6 Å². The standard InChI is InChI=1S/C27H25FN6O4/c1-2-38-22-9-21(29-19-6-4-3-5-14(19)22)26(36)34-12-18-16-10-33(11-17(16)27(18,37)13-34)25(35)15-7-8-20-24(23(15)28)31-32-30-20/h3-9,16-18,37H,2,10-13H2,1H3,(H,30,31,32)/t16-,17+,18?,27?/m0/s1. The van der Waals surface area contributed by atoms with Crippen molar-refractivity contribution in [3.8, 4) is 5.75 Å². The smallest absolute Gasteiger partial charge is 0.272 e. The second-order valence-electron chi connectivity index (χ2n) is 10.3. The van der Waals surface area contributed by atoms with Gasteiger partial charge in [-0.15, -0.1) is 0 Å². The van der Waals surface area contributed by atoms with E-state index in [2.05, 4.69) is 20.4 Å². The number of amides is 2. The molecule has 0 spiro atoms. The number of rotatable bonds is 4. The fourth-order valence-corrected chi connectivity index (χ4v) is 6.65. The van der Waals surface area contributed by atoms with Crippen LogP contribution in [0.2, 0.25) is 0 Å². The molecule has 194 valence electrons. The predicted molar refractivity (Wildman–Crippen MR) is 134 cm³/mol. The van der Waals surface area contributed by atoms with Crippen LogP contribution in [0.3, 0.4) is 0 Å². The number of β-amino-alcohol motifs (C(OH)–C–C–N with tert-alkyl or cyclic N) is 1. The third kappa shape index (κ3) is 3.17. The maximum Gasteiger partial charge on any atom is 0.272 e. The van der Waals surface area contributed by atoms with Crippen LogP contribution < -0.4 is 4.74 Å². The molecule has 2 saturated heterocycles. The van der Waals surface area contributed by atoms with E-state index in [0.717, 1.165) is 5.39 Å². The number of ether oxygens (including phenoxy) is 1. The highest BCUT2D eigenvalue weighted by Crippen LogP contribution is 2.57. The largest absolute Gasteiger partial charge is 0.493 e. The summed E-state index contributed by atoms with van der Waals surface area (Å²) in [5.41, 5.74) is 0.168. The molecular weight excluding hydrogens is 491 g/mol. The summed E-state index contributed by atoms with van der Waals surface area (Å²) in [6, 6.07) is 12.2. The average molecular weight is 517 g/mol. The Balaban J connectivity index is 1.09. The Labute approximate surface area is 216 Å². The van der Waals surface area contributed by atoms with E-state index in [9.17, 15) is 19.1 Å². The molecule has 1 saturated carbocycles. The molecule has 4 aromatic rings. The van der Waals surface area contributed by atoms with Gasteiger partial charge >= 0.3 is 0 Å². The lowest BCUT2D eigenvalue weighted by Gasteiger charge is -2.50. The van der Waals surface area contributed by atoms with Gasteiger partial charge < -0.3 is 19.6 Å². The molecule has 3 fully saturated rings. The van der Waals surface area contributed by atoms with Crippen LogP contribution in [-0.2, 0) is 0 Å². The number of halogens is 1. The number of carbonyl (C=O) groups is 2. The lowest BCUT2D eigenvalue weighted by Crippen LogP contribution is -2.61. The van der Waals surface area contributed by atoms with Crippen molar-refractivity contribution in [2.45, 2.75) is 12.5 Å². The molecule has 10 nitrogen and oxygen atoms in total. The third-order valence-electron chi connectivity index (χ3n) is 8.46. The van der Waals surface area contributed by atoms with E-state index < -0.39 is 17.3 Å².